The fourth-order valence-corrected chi connectivity index (χ4v) is 5.85. The summed E-state index contributed by atoms with van der Waals surface area (Å²) < 4.78 is 5.50. The zero-order valence-electron chi connectivity index (χ0n) is 22.3. The van der Waals surface area contributed by atoms with Crippen molar-refractivity contribution in [3.8, 4) is 0 Å². The number of amides is 1. The van der Waals surface area contributed by atoms with Gasteiger partial charge in [-0.05, 0) is 70.9 Å². The lowest BCUT2D eigenvalue weighted by Crippen LogP contribution is -2.46. The van der Waals surface area contributed by atoms with Crippen LogP contribution in [0.3, 0.4) is 0 Å². The Bertz CT molecular complexity index is 1040. The minimum Gasteiger partial charge on any atom is -0.461 e. The van der Waals surface area contributed by atoms with Crippen LogP contribution in [0.1, 0.15) is 83.8 Å². The summed E-state index contributed by atoms with van der Waals surface area (Å²) in [6.45, 7) is 11.4. The van der Waals surface area contributed by atoms with Crippen molar-refractivity contribution in [2.75, 3.05) is 0 Å². The quantitative estimate of drug-likeness (QED) is 0.433. The molecule has 0 aliphatic carbocycles. The molecule has 1 fully saturated rings. The van der Waals surface area contributed by atoms with Gasteiger partial charge >= 0.3 is 5.97 Å². The number of carbonyl (C=O) groups excluding carboxylic acids is 3. The molecule has 8 heteroatoms. The Balaban J connectivity index is 1.91. The number of hydrogen-bond donors (Lipinski definition) is 2. The van der Waals surface area contributed by atoms with Gasteiger partial charge in [0.25, 0.3) is 0 Å². The number of fused-ring (bicyclic) bond motifs is 1. The fourth-order valence-electron chi connectivity index (χ4n) is 5.28. The Morgan fingerprint density at radius 1 is 1.28 bits per heavy atom. The first kappa shape index (κ1) is 28.3. The number of Topliss-reactive ketones (excluding diaryl/α,β-unsaturated/α-hetero) is 1. The molecule has 2 aliphatic heterocycles. The van der Waals surface area contributed by atoms with E-state index in [0.717, 1.165) is 35.5 Å². The number of ketones is 1. The summed E-state index contributed by atoms with van der Waals surface area (Å²) in [6.07, 6.45) is 5.49. The predicted molar refractivity (Wildman–Crippen MR) is 141 cm³/mol. The van der Waals surface area contributed by atoms with E-state index >= 15 is 0 Å². The van der Waals surface area contributed by atoms with Crippen LogP contribution in [-0.2, 0) is 19.1 Å². The molecule has 1 amide bonds. The average molecular weight is 517 g/mol. The highest BCUT2D eigenvalue weighted by Gasteiger charge is 2.53. The van der Waals surface area contributed by atoms with Gasteiger partial charge < -0.3 is 15.2 Å². The molecule has 3 rings (SSSR count). The standard InChI is InChI=1S/C28H40N2O5S/c1-16-8-7-9-17(2)26(33)19(4)27(34)28(6)14-25(32)35-23(28)13-24(31)30-22(11-10-16)18(3)12-21-15-36-20(5)29-21/h10,12,15,17,19,22-23,26,33H,7-9,11,13-14H2,1-6H3,(H,30,31)/b16-10-,18-12+/t17-,19+,22-,23-,26-,28+/m0/s1. The highest BCUT2D eigenvalue weighted by molar-refractivity contribution is 7.09. The number of nitrogens with one attached hydrogen (secondary N) is 1. The normalized spacial score (nSPS) is 35.0. The van der Waals surface area contributed by atoms with E-state index in [2.05, 4.69) is 23.3 Å². The molecule has 0 aromatic carbocycles. The van der Waals surface area contributed by atoms with Crippen molar-refractivity contribution in [2.24, 2.45) is 17.3 Å². The van der Waals surface area contributed by atoms with Crippen LogP contribution in [0.25, 0.3) is 6.08 Å². The molecule has 7 nitrogen and oxygen atoms in total. The molecule has 1 aromatic rings. The van der Waals surface area contributed by atoms with Crippen LogP contribution in [0.2, 0.25) is 0 Å². The van der Waals surface area contributed by atoms with E-state index in [0.29, 0.717) is 6.42 Å². The van der Waals surface area contributed by atoms with Gasteiger partial charge in [-0.15, -0.1) is 11.3 Å². The maximum Gasteiger partial charge on any atom is 0.307 e. The number of carbonyl (C=O) groups is 3. The van der Waals surface area contributed by atoms with E-state index in [9.17, 15) is 19.5 Å². The Labute approximate surface area is 218 Å². The van der Waals surface area contributed by atoms with Crippen molar-refractivity contribution >= 4 is 35.1 Å². The number of aryl methyl sites for hydroxylation is 1. The number of aliphatic hydroxyl groups excluding tert-OH is 1. The van der Waals surface area contributed by atoms with Gasteiger partial charge in [0.15, 0.2) is 0 Å². The summed E-state index contributed by atoms with van der Waals surface area (Å²) in [6, 6.07) is -0.249. The summed E-state index contributed by atoms with van der Waals surface area (Å²) in [5.41, 5.74) is 1.91. The van der Waals surface area contributed by atoms with Gasteiger partial charge in [-0.3, -0.25) is 14.4 Å². The van der Waals surface area contributed by atoms with Crippen molar-refractivity contribution in [1.29, 1.82) is 0 Å². The number of rotatable bonds is 2. The second kappa shape index (κ2) is 11.8. The molecule has 2 aliphatic rings. The minimum atomic E-state index is -1.15. The third-order valence-corrected chi connectivity index (χ3v) is 8.56. The van der Waals surface area contributed by atoms with Crippen LogP contribution in [0.4, 0.5) is 0 Å². The maximum absolute atomic E-state index is 13.5. The zero-order chi connectivity index (χ0) is 26.6. The molecule has 0 bridgehead atoms. The van der Waals surface area contributed by atoms with Crippen molar-refractivity contribution in [1.82, 2.24) is 10.3 Å². The first-order valence-electron chi connectivity index (χ1n) is 12.9. The first-order valence-corrected chi connectivity index (χ1v) is 13.8. The smallest absolute Gasteiger partial charge is 0.307 e. The van der Waals surface area contributed by atoms with Crippen LogP contribution in [0, 0.1) is 24.2 Å². The molecule has 1 saturated heterocycles. The first-order chi connectivity index (χ1) is 16.9. The molecule has 2 N–H and O–H groups in total. The summed E-state index contributed by atoms with van der Waals surface area (Å²) >= 11 is 1.58. The molecular formula is C28H40N2O5S. The number of hydrogen-bond acceptors (Lipinski definition) is 7. The van der Waals surface area contributed by atoms with Crippen molar-refractivity contribution in [2.45, 2.75) is 98.3 Å². The third kappa shape index (κ3) is 6.71. The molecule has 0 saturated carbocycles. The van der Waals surface area contributed by atoms with Gasteiger partial charge in [-0.1, -0.05) is 25.5 Å². The van der Waals surface area contributed by atoms with Crippen molar-refractivity contribution in [3.63, 3.8) is 0 Å². The average Bonchev–Trinajstić information content (AvgIpc) is 3.35. The minimum absolute atomic E-state index is 0.0625. The number of allylic oxidation sites excluding steroid dienone is 1. The van der Waals surface area contributed by atoms with Gasteiger partial charge in [-0.25, -0.2) is 4.98 Å². The van der Waals surface area contributed by atoms with E-state index in [1.165, 1.54) is 5.57 Å². The molecular weight excluding hydrogens is 476 g/mol. The largest absolute Gasteiger partial charge is 0.461 e. The predicted octanol–water partition coefficient (Wildman–Crippen LogP) is 4.77. The number of esters is 1. The molecule has 198 valence electrons. The Hall–Kier alpha value is -2.32. The maximum atomic E-state index is 13.5. The van der Waals surface area contributed by atoms with Gasteiger partial charge in [0.2, 0.25) is 5.91 Å². The van der Waals surface area contributed by atoms with Crippen LogP contribution < -0.4 is 5.32 Å². The van der Waals surface area contributed by atoms with Crippen LogP contribution >= 0.6 is 11.3 Å². The Morgan fingerprint density at radius 2 is 2.00 bits per heavy atom. The van der Waals surface area contributed by atoms with Crippen LogP contribution in [-0.4, -0.2) is 46.0 Å². The van der Waals surface area contributed by atoms with Gasteiger partial charge in [0, 0.05) is 11.3 Å². The summed E-state index contributed by atoms with van der Waals surface area (Å²) in [4.78, 5) is 43.5. The zero-order valence-corrected chi connectivity index (χ0v) is 23.1. The number of aromatic nitrogens is 1. The molecule has 36 heavy (non-hydrogen) atoms. The highest BCUT2D eigenvalue weighted by Crippen LogP contribution is 2.41. The lowest BCUT2D eigenvalue weighted by molar-refractivity contribution is -0.145. The van der Waals surface area contributed by atoms with Crippen LogP contribution in [0.5, 0.6) is 0 Å². The molecule has 0 spiro atoms. The van der Waals surface area contributed by atoms with E-state index in [1.54, 1.807) is 25.2 Å². The second-order valence-corrected chi connectivity index (χ2v) is 11.9. The molecule has 1 aromatic heterocycles. The van der Waals surface area contributed by atoms with Gasteiger partial charge in [-0.2, -0.15) is 0 Å². The SMILES string of the molecule is C/C1=C/C[C@@H](/C(C)=C/c2csc(C)n2)NC(=O)C[C@@H]2OC(=O)C[C@@]2(C)C(=O)[C@H](C)[C@@H](O)[C@@H](C)CCC1. The number of aliphatic hydroxyl groups is 1. The fraction of sp³-hybridized carbons (Fsp3) is 0.643. The van der Waals surface area contributed by atoms with Crippen molar-refractivity contribution in [3.05, 3.63) is 33.3 Å². The monoisotopic (exact) mass is 516 g/mol. The lowest BCUT2D eigenvalue weighted by atomic mass is 9.71. The highest BCUT2D eigenvalue weighted by atomic mass is 32.1. The van der Waals surface area contributed by atoms with Crippen LogP contribution in [0.15, 0.2) is 22.6 Å². The summed E-state index contributed by atoms with van der Waals surface area (Å²) in [7, 11) is 0. The number of nitrogens with zero attached hydrogens (tertiary/aromatic N) is 1. The summed E-state index contributed by atoms with van der Waals surface area (Å²) in [5.74, 6) is -1.70. The topological polar surface area (TPSA) is 106 Å². The molecule has 6 atom stereocenters. The van der Waals surface area contributed by atoms with E-state index in [1.807, 2.05) is 32.2 Å². The summed E-state index contributed by atoms with van der Waals surface area (Å²) in [5, 5.41) is 17.0. The van der Waals surface area contributed by atoms with Gasteiger partial charge in [0.05, 0.1) is 41.1 Å². The third-order valence-electron chi connectivity index (χ3n) is 7.77. The lowest BCUT2D eigenvalue weighted by Gasteiger charge is -2.33. The van der Waals surface area contributed by atoms with E-state index < -0.39 is 29.5 Å². The second-order valence-electron chi connectivity index (χ2n) is 10.9. The number of thiazole rings is 1. The Morgan fingerprint density at radius 3 is 2.67 bits per heavy atom. The molecule has 0 unspecified atom stereocenters. The molecule has 3 heterocycles. The van der Waals surface area contributed by atoms with Crippen molar-refractivity contribution < 1.29 is 24.2 Å². The van der Waals surface area contributed by atoms with E-state index in [4.69, 9.17) is 4.74 Å². The Kier molecular flexibility index (Phi) is 9.28. The number of ether oxygens (including phenoxy) is 1. The molecule has 0 radical (unpaired) electrons. The van der Waals surface area contributed by atoms with Gasteiger partial charge in [0.1, 0.15) is 11.9 Å². The van der Waals surface area contributed by atoms with E-state index in [-0.39, 0.29) is 36.5 Å².